The number of nitrogens with one attached hydrogen (secondary N) is 3. The van der Waals surface area contributed by atoms with Gasteiger partial charge in [0.05, 0.1) is 19.8 Å². The van der Waals surface area contributed by atoms with Crippen LogP contribution in [0.1, 0.15) is 19.8 Å². The van der Waals surface area contributed by atoms with Crippen LogP contribution in [0.5, 0.6) is 0 Å². The first kappa shape index (κ1) is 20.7. The normalized spacial score (nSPS) is 15.6. The van der Waals surface area contributed by atoms with Gasteiger partial charge in [-0.15, -0.1) is 0 Å². The molecule has 27 heavy (non-hydrogen) atoms. The highest BCUT2D eigenvalue weighted by Gasteiger charge is 2.19. The van der Waals surface area contributed by atoms with Crippen molar-refractivity contribution in [2.75, 3.05) is 43.5 Å². The summed E-state index contributed by atoms with van der Waals surface area (Å²) in [5, 5.41) is 8.00. The number of ether oxygens (including phenoxy) is 1. The predicted molar refractivity (Wildman–Crippen MR) is 102 cm³/mol. The van der Waals surface area contributed by atoms with Gasteiger partial charge in [0.25, 0.3) is 0 Å². The van der Waals surface area contributed by atoms with Crippen LogP contribution in [0.15, 0.2) is 24.3 Å². The maximum atomic E-state index is 12.3. The molecule has 1 atom stereocenters. The first-order valence-corrected chi connectivity index (χ1v) is 9.04. The summed E-state index contributed by atoms with van der Waals surface area (Å²) >= 11 is 0. The minimum atomic E-state index is -0.734. The summed E-state index contributed by atoms with van der Waals surface area (Å²) in [5.41, 5.74) is 6.32. The number of nitrogens with two attached hydrogens (primary N) is 1. The number of morpholine rings is 1. The summed E-state index contributed by atoms with van der Waals surface area (Å²) in [5.74, 6) is -0.429. The molecule has 2 rings (SSSR count). The third-order valence-corrected chi connectivity index (χ3v) is 4.12. The van der Waals surface area contributed by atoms with Crippen molar-refractivity contribution in [1.29, 1.82) is 0 Å². The number of carbonyl (C=O) groups excluding carboxylic acids is 3. The quantitative estimate of drug-likeness (QED) is 0.531. The number of urea groups is 1. The molecule has 148 valence electrons. The average molecular weight is 377 g/mol. The standard InChI is InChI=1S/C18H27N5O4/c1-2-3-15(22-18(19)26)17(25)21-14-6-4-13(5-7-14)20-16(24)12-23-8-10-27-11-9-23/h4-7,15H,2-3,8-12H2,1H3,(H,20,24)(H,21,25)(H3,19,22,26). The second-order valence-corrected chi connectivity index (χ2v) is 6.35. The average Bonchev–Trinajstić information content (AvgIpc) is 2.63. The van der Waals surface area contributed by atoms with E-state index in [9.17, 15) is 14.4 Å². The molecule has 9 nitrogen and oxygen atoms in total. The fraction of sp³-hybridized carbons (Fsp3) is 0.500. The number of anilines is 2. The van der Waals surface area contributed by atoms with Crippen LogP contribution in [0.3, 0.4) is 0 Å². The molecule has 1 aliphatic rings. The van der Waals surface area contributed by atoms with Gasteiger partial charge in [0.15, 0.2) is 0 Å². The van der Waals surface area contributed by atoms with Crippen LogP contribution < -0.4 is 21.7 Å². The molecule has 1 aromatic rings. The van der Waals surface area contributed by atoms with Gasteiger partial charge in [0.1, 0.15) is 6.04 Å². The van der Waals surface area contributed by atoms with E-state index in [-0.39, 0.29) is 11.8 Å². The highest BCUT2D eigenvalue weighted by Crippen LogP contribution is 2.14. The predicted octanol–water partition coefficient (Wildman–Crippen LogP) is 0.733. The Morgan fingerprint density at radius 2 is 1.70 bits per heavy atom. The summed E-state index contributed by atoms with van der Waals surface area (Å²) in [7, 11) is 0. The number of amides is 4. The number of carbonyl (C=O) groups is 3. The van der Waals surface area contributed by atoms with Crippen molar-refractivity contribution >= 4 is 29.2 Å². The number of benzene rings is 1. The van der Waals surface area contributed by atoms with E-state index in [4.69, 9.17) is 10.5 Å². The van der Waals surface area contributed by atoms with Crippen LogP contribution >= 0.6 is 0 Å². The molecule has 0 radical (unpaired) electrons. The first-order chi connectivity index (χ1) is 13.0. The summed E-state index contributed by atoms with van der Waals surface area (Å²) in [6, 6.07) is 5.39. The maximum absolute atomic E-state index is 12.3. The van der Waals surface area contributed by atoms with E-state index in [1.165, 1.54) is 0 Å². The van der Waals surface area contributed by atoms with Gasteiger partial charge in [0.2, 0.25) is 11.8 Å². The molecule has 5 N–H and O–H groups in total. The molecule has 0 aliphatic carbocycles. The number of rotatable bonds is 8. The van der Waals surface area contributed by atoms with Gasteiger partial charge >= 0.3 is 6.03 Å². The molecule has 1 fully saturated rings. The van der Waals surface area contributed by atoms with E-state index in [1.807, 2.05) is 11.8 Å². The van der Waals surface area contributed by atoms with Crippen molar-refractivity contribution in [3.8, 4) is 0 Å². The summed E-state index contributed by atoms with van der Waals surface area (Å²) < 4.78 is 5.26. The molecule has 0 aromatic heterocycles. The monoisotopic (exact) mass is 377 g/mol. The van der Waals surface area contributed by atoms with Gasteiger partial charge in [-0.3, -0.25) is 14.5 Å². The highest BCUT2D eigenvalue weighted by atomic mass is 16.5. The Bertz CT molecular complexity index is 644. The van der Waals surface area contributed by atoms with Crippen LogP contribution in [-0.2, 0) is 14.3 Å². The Morgan fingerprint density at radius 1 is 1.11 bits per heavy atom. The van der Waals surface area contributed by atoms with Crippen LogP contribution in [0.2, 0.25) is 0 Å². The Morgan fingerprint density at radius 3 is 2.26 bits per heavy atom. The first-order valence-electron chi connectivity index (χ1n) is 9.04. The number of hydrogen-bond acceptors (Lipinski definition) is 5. The molecular weight excluding hydrogens is 350 g/mol. The number of hydrogen-bond donors (Lipinski definition) is 4. The topological polar surface area (TPSA) is 126 Å². The minimum Gasteiger partial charge on any atom is -0.379 e. The molecule has 1 saturated heterocycles. The Balaban J connectivity index is 1.85. The van der Waals surface area contributed by atoms with E-state index < -0.39 is 12.1 Å². The fourth-order valence-electron chi connectivity index (χ4n) is 2.76. The van der Waals surface area contributed by atoms with Gasteiger partial charge in [0, 0.05) is 24.5 Å². The molecule has 1 unspecified atom stereocenters. The second kappa shape index (κ2) is 10.5. The minimum absolute atomic E-state index is 0.0950. The largest absolute Gasteiger partial charge is 0.379 e. The zero-order valence-corrected chi connectivity index (χ0v) is 15.5. The van der Waals surface area contributed by atoms with E-state index in [0.717, 1.165) is 19.5 Å². The molecule has 1 heterocycles. The fourth-order valence-corrected chi connectivity index (χ4v) is 2.76. The Labute approximate surface area is 158 Å². The van der Waals surface area contributed by atoms with Crippen molar-refractivity contribution in [3.63, 3.8) is 0 Å². The van der Waals surface area contributed by atoms with Crippen LogP contribution in [0.4, 0.5) is 16.2 Å². The molecule has 1 aliphatic heterocycles. The summed E-state index contributed by atoms with van der Waals surface area (Å²) in [6.45, 7) is 5.01. The molecule has 9 heteroatoms. The van der Waals surface area contributed by atoms with Gasteiger partial charge in [-0.25, -0.2) is 4.79 Å². The van der Waals surface area contributed by atoms with Crippen molar-refractivity contribution in [3.05, 3.63) is 24.3 Å². The lowest BCUT2D eigenvalue weighted by Crippen LogP contribution is -2.46. The third-order valence-electron chi connectivity index (χ3n) is 4.12. The maximum Gasteiger partial charge on any atom is 0.312 e. The SMILES string of the molecule is CCCC(NC(N)=O)C(=O)Nc1ccc(NC(=O)CN2CCOCC2)cc1. The third kappa shape index (κ3) is 7.24. The zero-order valence-electron chi connectivity index (χ0n) is 15.5. The lowest BCUT2D eigenvalue weighted by Gasteiger charge is -2.25. The number of primary amides is 1. The van der Waals surface area contributed by atoms with E-state index >= 15 is 0 Å². The van der Waals surface area contributed by atoms with Crippen molar-refractivity contribution in [2.24, 2.45) is 5.73 Å². The molecular formula is C18H27N5O4. The highest BCUT2D eigenvalue weighted by molar-refractivity contribution is 5.97. The second-order valence-electron chi connectivity index (χ2n) is 6.35. The Kier molecular flexibility index (Phi) is 8.02. The van der Waals surface area contributed by atoms with Crippen LogP contribution in [0, 0.1) is 0 Å². The van der Waals surface area contributed by atoms with Crippen molar-refractivity contribution < 1.29 is 19.1 Å². The smallest absolute Gasteiger partial charge is 0.312 e. The van der Waals surface area contributed by atoms with Gasteiger partial charge in [-0.05, 0) is 30.7 Å². The molecule has 0 saturated carbocycles. The lowest BCUT2D eigenvalue weighted by atomic mass is 10.1. The van der Waals surface area contributed by atoms with Gasteiger partial charge in [-0.2, -0.15) is 0 Å². The van der Waals surface area contributed by atoms with Gasteiger partial charge in [-0.1, -0.05) is 13.3 Å². The van der Waals surface area contributed by atoms with Crippen LogP contribution in [-0.4, -0.2) is 61.6 Å². The Hall–Kier alpha value is -2.65. The van der Waals surface area contributed by atoms with E-state index in [0.29, 0.717) is 37.6 Å². The molecule has 1 aromatic carbocycles. The van der Waals surface area contributed by atoms with Crippen LogP contribution in [0.25, 0.3) is 0 Å². The van der Waals surface area contributed by atoms with Crippen molar-refractivity contribution in [2.45, 2.75) is 25.8 Å². The van der Waals surface area contributed by atoms with E-state index in [1.54, 1.807) is 24.3 Å². The summed E-state index contributed by atoms with van der Waals surface area (Å²) in [6.07, 6.45) is 1.22. The lowest BCUT2D eigenvalue weighted by molar-refractivity contribution is -0.119. The molecule has 4 amide bonds. The molecule has 0 bridgehead atoms. The van der Waals surface area contributed by atoms with Gasteiger partial charge < -0.3 is 26.4 Å². The number of nitrogens with zero attached hydrogens (tertiary/aromatic N) is 1. The zero-order chi connectivity index (χ0) is 19.6. The van der Waals surface area contributed by atoms with Crippen molar-refractivity contribution in [1.82, 2.24) is 10.2 Å². The van der Waals surface area contributed by atoms with E-state index in [2.05, 4.69) is 16.0 Å². The molecule has 0 spiro atoms. The summed E-state index contributed by atoms with van der Waals surface area (Å²) in [4.78, 5) is 37.4.